The van der Waals surface area contributed by atoms with Crippen molar-refractivity contribution in [3.63, 3.8) is 0 Å². The fourth-order valence-corrected chi connectivity index (χ4v) is 9.47. The van der Waals surface area contributed by atoms with E-state index < -0.39 is 88.8 Å². The van der Waals surface area contributed by atoms with Gasteiger partial charge in [0.25, 0.3) is 11.7 Å². The maximum absolute atomic E-state index is 14.6. The predicted molar refractivity (Wildman–Crippen MR) is 265 cm³/mol. The Morgan fingerprint density at radius 1 is 0.958 bits per heavy atom. The highest BCUT2D eigenvalue weighted by Gasteiger charge is 2.50. The van der Waals surface area contributed by atoms with Gasteiger partial charge in [-0.2, -0.15) is 5.10 Å². The molecular weight excluding hydrogens is 938 g/mol. The minimum absolute atomic E-state index is 0.0355. The molecule has 4 aliphatic rings. The number of carbonyl (C=O) groups is 3. The van der Waals surface area contributed by atoms with Gasteiger partial charge in [-0.25, -0.2) is 4.68 Å². The SMILES string of the molecule is CO[C@H]1/C=C/O[C@@]2(C)Oc3c(C)c(O)c4c(O)c(c(/C=N/N5CCN(Cc6cn(-c7ccc(Cl)cc7)nn6)CC5)c(O)c4c3C2=O)NC(=O)/C(C)=C\C=C\[C@H](C)[C@H](O)[C@@H](C)[C@@H](O)[C@@H](C)[C@H](OC(C)=O)[C@@H]1C. The largest absolute Gasteiger partial charge is 0.507 e. The number of piperazine rings is 1. The third-order valence-electron chi connectivity index (χ3n) is 13.7. The van der Waals surface area contributed by atoms with E-state index in [0.717, 1.165) is 11.4 Å². The molecule has 0 aliphatic carbocycles. The molecule has 9 atom stereocenters. The van der Waals surface area contributed by atoms with Gasteiger partial charge >= 0.3 is 11.8 Å². The molecule has 4 aliphatic heterocycles. The van der Waals surface area contributed by atoms with Gasteiger partial charge < -0.3 is 49.8 Å². The lowest BCUT2D eigenvalue weighted by molar-refractivity contribution is -0.160. The van der Waals surface area contributed by atoms with E-state index in [1.165, 1.54) is 59.4 Å². The number of phenolic OH excluding ortho intramolecular Hbond substituents is 3. The van der Waals surface area contributed by atoms with Crippen LogP contribution in [0.4, 0.5) is 5.69 Å². The van der Waals surface area contributed by atoms with E-state index >= 15 is 0 Å². The first-order valence-electron chi connectivity index (χ1n) is 23.4. The number of ether oxygens (including phenoxy) is 4. The summed E-state index contributed by atoms with van der Waals surface area (Å²) in [5, 5.41) is 76.9. The monoisotopic (exact) mass is 999 g/mol. The van der Waals surface area contributed by atoms with Crippen molar-refractivity contribution in [3.05, 3.63) is 94.0 Å². The van der Waals surface area contributed by atoms with E-state index in [1.807, 2.05) is 18.3 Å². The minimum atomic E-state index is -2.08. The fraction of sp³-hybridized carbons (Fsp3) is 0.451. The molecule has 5 heterocycles. The van der Waals surface area contributed by atoms with Gasteiger partial charge in [-0.15, -0.1) is 5.10 Å². The average Bonchev–Trinajstić information content (AvgIpc) is 3.92. The molecular formula is C51H62ClN7O12. The van der Waals surface area contributed by atoms with Crippen LogP contribution >= 0.6 is 11.6 Å². The number of rotatable bonds is 7. The summed E-state index contributed by atoms with van der Waals surface area (Å²) in [5.41, 5.74) is 1.08. The van der Waals surface area contributed by atoms with Crippen molar-refractivity contribution in [2.45, 2.75) is 92.1 Å². The number of aliphatic hydroxyl groups is 2. The molecule has 0 radical (unpaired) electrons. The second-order valence-electron chi connectivity index (χ2n) is 18.7. The zero-order valence-corrected chi connectivity index (χ0v) is 41.9. The third kappa shape index (κ3) is 10.7. The Labute approximate surface area is 416 Å². The van der Waals surface area contributed by atoms with E-state index in [2.05, 4.69) is 25.6 Å². The van der Waals surface area contributed by atoms with E-state index in [1.54, 1.807) is 61.7 Å². The minimum Gasteiger partial charge on any atom is -0.507 e. The Kier molecular flexibility index (Phi) is 15.8. The van der Waals surface area contributed by atoms with Gasteiger partial charge in [0, 0.05) is 98.9 Å². The van der Waals surface area contributed by atoms with Crippen molar-refractivity contribution in [1.82, 2.24) is 24.9 Å². The molecule has 19 nitrogen and oxygen atoms in total. The van der Waals surface area contributed by atoms with Crippen LogP contribution < -0.4 is 10.1 Å². The van der Waals surface area contributed by atoms with Crippen molar-refractivity contribution < 1.29 is 58.9 Å². The molecule has 71 heavy (non-hydrogen) atoms. The molecule has 1 fully saturated rings. The van der Waals surface area contributed by atoms with Crippen LogP contribution in [-0.4, -0.2) is 138 Å². The highest BCUT2D eigenvalue weighted by Crippen LogP contribution is 2.55. The summed E-state index contributed by atoms with van der Waals surface area (Å²) in [6.07, 6.45) is 6.59. The molecule has 0 spiro atoms. The van der Waals surface area contributed by atoms with E-state index in [9.17, 15) is 39.9 Å². The second kappa shape index (κ2) is 21.5. The smallest absolute Gasteiger partial charge is 0.312 e. The Balaban J connectivity index is 1.26. The lowest BCUT2D eigenvalue weighted by Crippen LogP contribution is -2.46. The maximum Gasteiger partial charge on any atom is 0.312 e. The zero-order chi connectivity index (χ0) is 51.6. The fourth-order valence-electron chi connectivity index (χ4n) is 9.34. The lowest BCUT2D eigenvalue weighted by atomic mass is 9.78. The summed E-state index contributed by atoms with van der Waals surface area (Å²) < 4.78 is 25.4. The molecule has 1 amide bonds. The van der Waals surface area contributed by atoms with Gasteiger partial charge in [0.2, 0.25) is 0 Å². The molecule has 0 unspecified atom stereocenters. The van der Waals surface area contributed by atoms with Crippen LogP contribution in [0.15, 0.2) is 71.7 Å². The number of fused-ring (bicyclic) bond motifs is 14. The van der Waals surface area contributed by atoms with Crippen molar-refractivity contribution in [2.24, 2.45) is 28.8 Å². The van der Waals surface area contributed by atoms with Crippen LogP contribution in [0.1, 0.15) is 75.6 Å². The van der Waals surface area contributed by atoms with Crippen molar-refractivity contribution in [2.75, 3.05) is 38.6 Å². The van der Waals surface area contributed by atoms with Gasteiger partial charge in [0.15, 0.2) is 5.75 Å². The highest BCUT2D eigenvalue weighted by atomic mass is 35.5. The van der Waals surface area contributed by atoms with Crippen LogP contribution in [0.5, 0.6) is 23.0 Å². The lowest BCUT2D eigenvalue weighted by Gasteiger charge is -2.38. The van der Waals surface area contributed by atoms with Crippen LogP contribution in [0.3, 0.4) is 0 Å². The molecule has 0 saturated carbocycles. The molecule has 3 aromatic carbocycles. The van der Waals surface area contributed by atoms with Crippen molar-refractivity contribution in [3.8, 4) is 28.7 Å². The Morgan fingerprint density at radius 2 is 1.65 bits per heavy atom. The molecule has 1 saturated heterocycles. The molecule has 6 N–H and O–H groups in total. The molecule has 380 valence electrons. The van der Waals surface area contributed by atoms with Gasteiger partial charge in [0.05, 0.1) is 70.6 Å². The number of amides is 1. The van der Waals surface area contributed by atoms with Crippen molar-refractivity contribution >= 4 is 51.9 Å². The number of hydrogen-bond donors (Lipinski definition) is 6. The molecule has 4 aromatic rings. The number of carbonyl (C=O) groups excluding carboxylic acids is 3. The number of aromatic nitrogens is 3. The van der Waals surface area contributed by atoms with Crippen LogP contribution in [-0.2, 0) is 30.3 Å². The van der Waals surface area contributed by atoms with Crippen molar-refractivity contribution in [1.29, 1.82) is 0 Å². The number of hydrazone groups is 1. The van der Waals surface area contributed by atoms with Gasteiger partial charge in [-0.1, -0.05) is 62.7 Å². The maximum atomic E-state index is 14.6. The van der Waals surface area contributed by atoms with Crippen LogP contribution in [0.25, 0.3) is 16.5 Å². The summed E-state index contributed by atoms with van der Waals surface area (Å²) in [5.74, 6) is -8.63. The third-order valence-corrected chi connectivity index (χ3v) is 14.0. The number of hydrogen-bond acceptors (Lipinski definition) is 17. The Morgan fingerprint density at radius 3 is 2.31 bits per heavy atom. The number of allylic oxidation sites excluding steroid dienone is 2. The summed E-state index contributed by atoms with van der Waals surface area (Å²) in [4.78, 5) is 43.2. The quantitative estimate of drug-likeness (QED) is 0.0527. The predicted octanol–water partition coefficient (Wildman–Crippen LogP) is 6.14. The number of anilines is 1. The Bertz CT molecular complexity index is 2790. The van der Waals surface area contributed by atoms with Crippen LogP contribution in [0, 0.1) is 30.6 Å². The van der Waals surface area contributed by atoms with E-state index in [4.69, 9.17) is 30.5 Å². The number of halogens is 1. The molecule has 8 rings (SSSR count). The molecule has 1 aromatic heterocycles. The number of nitrogens with zero attached hydrogens (tertiary/aromatic N) is 6. The van der Waals surface area contributed by atoms with Crippen LogP contribution in [0.2, 0.25) is 5.02 Å². The number of aliphatic hydroxyl groups excluding tert-OH is 2. The first-order valence-corrected chi connectivity index (χ1v) is 23.8. The zero-order valence-electron chi connectivity index (χ0n) is 41.2. The van der Waals surface area contributed by atoms with Gasteiger partial charge in [-0.05, 0) is 44.2 Å². The summed E-state index contributed by atoms with van der Waals surface area (Å²) in [6.45, 7) is 15.1. The second-order valence-corrected chi connectivity index (χ2v) is 19.2. The van der Waals surface area contributed by atoms with E-state index in [-0.39, 0.29) is 44.5 Å². The number of aromatic hydroxyl groups is 3. The summed E-state index contributed by atoms with van der Waals surface area (Å²) in [7, 11) is 1.43. The number of ketones is 1. The van der Waals surface area contributed by atoms with Gasteiger partial charge in [-0.3, -0.25) is 24.3 Å². The topological polar surface area (TPSA) is 251 Å². The van der Waals surface area contributed by atoms with Gasteiger partial charge in [0.1, 0.15) is 23.4 Å². The number of Topliss-reactive ketones (excluding diaryl/α,β-unsaturated/α-hetero) is 1. The molecule has 20 heteroatoms. The summed E-state index contributed by atoms with van der Waals surface area (Å²) >= 11 is 6.05. The highest BCUT2D eigenvalue weighted by molar-refractivity contribution is 6.30. The number of phenols is 3. The number of methoxy groups -OCH3 is 1. The number of esters is 1. The first-order chi connectivity index (χ1) is 33.6. The molecule has 5 bridgehead atoms. The van der Waals surface area contributed by atoms with E-state index in [0.29, 0.717) is 37.7 Å². The number of nitrogens with one attached hydrogen (secondary N) is 1. The first kappa shape index (κ1) is 52.3. The normalized spacial score (nSPS) is 28.6. The summed E-state index contributed by atoms with van der Waals surface area (Å²) in [6, 6.07) is 7.25. The standard InChI is InChI=1S/C51H62ClN7O12/c1-26-11-10-12-27(2)50(67)54-41-36(23-53-58-20-18-57(19-21-58)24-34-25-59(56-55-34)35-15-13-33(52)14-16-35)45(64)38-39(46(41)65)44(63)31(6)48-40(38)49(66)51(8,71-48)69-22-17-37(68-9)28(3)47(70-32(7)60)30(5)43(62)29(4)42(26)61/h10-17,22-23,25-26,28-30,37,42-43,47,61-65H,18-21,24H2,1-9H3,(H,54,67)/b11-10+,22-17+,27-12-,53-23+/t26-,28+,29+,30+,37-,42-,43+,47+,51-/m0/s1. The Hall–Kier alpha value is -6.51. The average molecular weight is 1000 g/mol. The number of benzene rings is 3.